The molecule has 1 aliphatic carbocycles. The van der Waals surface area contributed by atoms with Crippen molar-refractivity contribution in [2.24, 2.45) is 5.41 Å². The zero-order valence-corrected chi connectivity index (χ0v) is 24.5. The Morgan fingerprint density at radius 3 is 2.26 bits per heavy atom. The molecule has 2 aromatic carbocycles. The molecule has 214 valence electrons. The van der Waals surface area contributed by atoms with Crippen LogP contribution in [-0.4, -0.2) is 58.3 Å². The summed E-state index contributed by atoms with van der Waals surface area (Å²) < 4.78 is 55.8. The highest BCUT2D eigenvalue weighted by molar-refractivity contribution is 7.93. The summed E-state index contributed by atoms with van der Waals surface area (Å²) in [6.45, 7) is 7.63. The van der Waals surface area contributed by atoms with E-state index in [9.17, 15) is 26.7 Å². The maximum absolute atomic E-state index is 13.5. The number of hydrogen-bond donors (Lipinski definition) is 4. The standard InChI is InChI=1S/C27H38N4O6S2/c1-19(18-32)38(34,35)29-21-8-9-23(24(17-21)31-14-12-27(10-11-27)13-15-31)25(33)28-20-6-5-7-22(16-20)39(36,37)30-26(2,3)4/h5-9,16-17,19,29-30,32H,10-15,18H2,1-4H3,(H,28,33). The van der Waals surface area contributed by atoms with E-state index in [2.05, 4.69) is 19.7 Å². The number of nitrogens with zero attached hydrogens (tertiary/aromatic N) is 1. The number of amides is 1. The molecule has 0 bridgehead atoms. The third-order valence-electron chi connectivity index (χ3n) is 7.25. The lowest BCUT2D eigenvalue weighted by molar-refractivity contribution is 0.102. The molecule has 10 nitrogen and oxygen atoms in total. The Bertz CT molecular complexity index is 1440. The van der Waals surface area contributed by atoms with Crippen LogP contribution in [0.4, 0.5) is 17.1 Å². The summed E-state index contributed by atoms with van der Waals surface area (Å²) in [5, 5.41) is 11.1. The Balaban J connectivity index is 1.62. The average Bonchev–Trinajstić information content (AvgIpc) is 3.61. The quantitative estimate of drug-likeness (QED) is 0.356. The van der Waals surface area contributed by atoms with Crippen molar-refractivity contribution in [3.63, 3.8) is 0 Å². The number of benzene rings is 2. The number of carbonyl (C=O) groups is 1. The van der Waals surface area contributed by atoms with Crippen molar-refractivity contribution in [1.82, 2.24) is 4.72 Å². The molecule has 2 aromatic rings. The van der Waals surface area contributed by atoms with Crippen LogP contribution in [0.3, 0.4) is 0 Å². The molecule has 0 radical (unpaired) electrons. The number of carbonyl (C=O) groups excluding carboxylic acids is 1. The van der Waals surface area contributed by atoms with Crippen LogP contribution in [-0.2, 0) is 20.0 Å². The Morgan fingerprint density at radius 1 is 1.00 bits per heavy atom. The lowest BCUT2D eigenvalue weighted by Crippen LogP contribution is -2.40. The minimum atomic E-state index is -3.81. The second-order valence-corrected chi connectivity index (χ2v) is 15.5. The van der Waals surface area contributed by atoms with Crippen molar-refractivity contribution in [2.75, 3.05) is 34.6 Å². The molecular formula is C27H38N4O6S2. The van der Waals surface area contributed by atoms with Gasteiger partial charge < -0.3 is 15.3 Å². The van der Waals surface area contributed by atoms with Crippen LogP contribution >= 0.6 is 0 Å². The van der Waals surface area contributed by atoms with Gasteiger partial charge in [-0.1, -0.05) is 6.07 Å². The summed E-state index contributed by atoms with van der Waals surface area (Å²) >= 11 is 0. The zero-order valence-electron chi connectivity index (χ0n) is 22.8. The summed E-state index contributed by atoms with van der Waals surface area (Å²) in [5.74, 6) is -0.437. The smallest absolute Gasteiger partial charge is 0.257 e. The molecule has 1 atom stereocenters. The molecule has 0 aromatic heterocycles. The van der Waals surface area contributed by atoms with Gasteiger partial charge in [0, 0.05) is 24.3 Å². The van der Waals surface area contributed by atoms with E-state index in [4.69, 9.17) is 0 Å². The Hall–Kier alpha value is -2.67. The highest BCUT2D eigenvalue weighted by Crippen LogP contribution is 2.54. The first-order valence-electron chi connectivity index (χ1n) is 13.1. The van der Waals surface area contributed by atoms with Gasteiger partial charge in [-0.25, -0.2) is 21.6 Å². The van der Waals surface area contributed by atoms with Gasteiger partial charge in [0.05, 0.1) is 28.4 Å². The van der Waals surface area contributed by atoms with Gasteiger partial charge in [-0.3, -0.25) is 9.52 Å². The van der Waals surface area contributed by atoms with Crippen molar-refractivity contribution in [1.29, 1.82) is 0 Å². The van der Waals surface area contributed by atoms with Crippen LogP contribution in [0.1, 0.15) is 63.7 Å². The van der Waals surface area contributed by atoms with Gasteiger partial charge in [-0.2, -0.15) is 0 Å². The Labute approximate surface area is 231 Å². The molecule has 12 heteroatoms. The van der Waals surface area contributed by atoms with E-state index in [0.717, 1.165) is 25.9 Å². The van der Waals surface area contributed by atoms with E-state index >= 15 is 0 Å². The number of piperidine rings is 1. The molecule has 1 unspecified atom stereocenters. The minimum Gasteiger partial charge on any atom is -0.395 e. The van der Waals surface area contributed by atoms with E-state index in [0.29, 0.717) is 28.0 Å². The molecule has 2 aliphatic rings. The van der Waals surface area contributed by atoms with Gasteiger partial charge in [-0.15, -0.1) is 0 Å². The summed E-state index contributed by atoms with van der Waals surface area (Å²) in [6, 6.07) is 10.8. The first-order valence-corrected chi connectivity index (χ1v) is 16.1. The molecule has 39 heavy (non-hydrogen) atoms. The molecule has 2 fully saturated rings. The fourth-order valence-corrected chi connectivity index (χ4v) is 7.03. The van der Waals surface area contributed by atoms with Crippen molar-refractivity contribution >= 4 is 43.0 Å². The number of anilines is 3. The lowest BCUT2D eigenvalue weighted by Gasteiger charge is -2.35. The van der Waals surface area contributed by atoms with Gasteiger partial charge >= 0.3 is 0 Å². The minimum absolute atomic E-state index is 0.0315. The molecule has 1 saturated carbocycles. The van der Waals surface area contributed by atoms with E-state index in [-0.39, 0.29) is 4.90 Å². The molecular weight excluding hydrogens is 540 g/mol. The van der Waals surface area contributed by atoms with Gasteiger partial charge in [0.25, 0.3) is 5.91 Å². The van der Waals surface area contributed by atoms with Crippen molar-refractivity contribution in [2.45, 2.75) is 69.1 Å². The van der Waals surface area contributed by atoms with Crippen LogP contribution in [0.25, 0.3) is 0 Å². The molecule has 1 heterocycles. The highest BCUT2D eigenvalue weighted by Gasteiger charge is 2.44. The van der Waals surface area contributed by atoms with E-state index in [1.54, 1.807) is 45.0 Å². The van der Waals surface area contributed by atoms with Crippen LogP contribution in [0.15, 0.2) is 47.4 Å². The number of nitrogens with one attached hydrogen (secondary N) is 3. The first-order chi connectivity index (χ1) is 18.1. The van der Waals surface area contributed by atoms with E-state index < -0.39 is 43.3 Å². The van der Waals surface area contributed by atoms with E-state index in [1.165, 1.54) is 38.0 Å². The maximum Gasteiger partial charge on any atom is 0.257 e. The monoisotopic (exact) mass is 578 g/mol. The van der Waals surface area contributed by atoms with Gasteiger partial charge in [0.15, 0.2) is 0 Å². The summed E-state index contributed by atoms with van der Waals surface area (Å²) in [7, 11) is -7.61. The normalized spacial score (nSPS) is 18.0. The number of aliphatic hydroxyl groups excluding tert-OH is 1. The second-order valence-electron chi connectivity index (χ2n) is 11.7. The number of sulfonamides is 2. The maximum atomic E-state index is 13.5. The summed E-state index contributed by atoms with van der Waals surface area (Å²) in [5.41, 5.74) is 1.30. The highest BCUT2D eigenvalue weighted by atomic mass is 32.2. The number of rotatable bonds is 9. The third-order valence-corrected chi connectivity index (χ3v) is 10.7. The summed E-state index contributed by atoms with van der Waals surface area (Å²) in [4.78, 5) is 15.6. The summed E-state index contributed by atoms with van der Waals surface area (Å²) in [6.07, 6.45) is 4.45. The van der Waals surface area contributed by atoms with Crippen LogP contribution in [0, 0.1) is 5.41 Å². The van der Waals surface area contributed by atoms with Gasteiger partial charge in [-0.05, 0) is 95.2 Å². The molecule has 1 aliphatic heterocycles. The predicted molar refractivity (Wildman–Crippen MR) is 153 cm³/mol. The number of hydrogen-bond acceptors (Lipinski definition) is 7. The van der Waals surface area contributed by atoms with Crippen LogP contribution in [0.5, 0.6) is 0 Å². The van der Waals surface area contributed by atoms with E-state index in [1.807, 2.05) is 0 Å². The van der Waals surface area contributed by atoms with Gasteiger partial charge in [0.1, 0.15) is 5.25 Å². The van der Waals surface area contributed by atoms with Crippen molar-refractivity contribution in [3.8, 4) is 0 Å². The van der Waals surface area contributed by atoms with Gasteiger partial charge in [0.2, 0.25) is 20.0 Å². The molecule has 1 saturated heterocycles. The molecule has 4 rings (SSSR count). The largest absolute Gasteiger partial charge is 0.395 e. The first kappa shape index (κ1) is 29.3. The van der Waals surface area contributed by atoms with Crippen molar-refractivity contribution < 1.29 is 26.7 Å². The zero-order chi connectivity index (χ0) is 28.6. The SMILES string of the molecule is CC(CO)S(=O)(=O)Nc1ccc(C(=O)Nc2cccc(S(=O)(=O)NC(C)(C)C)c2)c(N2CCC3(CC2)CC3)c1. The predicted octanol–water partition coefficient (Wildman–Crippen LogP) is 3.52. The Morgan fingerprint density at radius 2 is 1.67 bits per heavy atom. The average molecular weight is 579 g/mol. The molecule has 4 N–H and O–H groups in total. The number of aliphatic hydroxyl groups is 1. The second kappa shape index (κ2) is 10.7. The third kappa shape index (κ3) is 7.10. The fourth-order valence-electron chi connectivity index (χ4n) is 4.71. The van der Waals surface area contributed by atoms with Crippen LogP contribution in [0.2, 0.25) is 0 Å². The van der Waals surface area contributed by atoms with Crippen molar-refractivity contribution in [3.05, 3.63) is 48.0 Å². The van der Waals surface area contributed by atoms with Crippen LogP contribution < -0.4 is 19.7 Å². The topological polar surface area (TPSA) is 145 Å². The molecule has 1 amide bonds. The molecule has 1 spiro atoms. The fraction of sp³-hybridized carbons (Fsp3) is 0.519. The lowest BCUT2D eigenvalue weighted by atomic mass is 9.93. The Kier molecular flexibility index (Phi) is 8.06.